The summed E-state index contributed by atoms with van der Waals surface area (Å²) in [6.45, 7) is 0. The second kappa shape index (κ2) is 12.7. The van der Waals surface area contributed by atoms with Gasteiger partial charge in [-0.1, -0.05) is 30.3 Å². The van der Waals surface area contributed by atoms with Crippen LogP contribution in [0.5, 0.6) is 17.2 Å². The molecule has 1 heterocycles. The number of methoxy groups -OCH3 is 3. The van der Waals surface area contributed by atoms with Crippen molar-refractivity contribution in [2.45, 2.75) is 31.1 Å². The highest BCUT2D eigenvalue weighted by atomic mass is 31.2. The van der Waals surface area contributed by atoms with Crippen molar-refractivity contribution in [2.24, 2.45) is 0 Å². The maximum Gasteiger partial charge on any atom is 0.346 e. The number of hydrogen-bond donors (Lipinski definition) is 2. The summed E-state index contributed by atoms with van der Waals surface area (Å²) >= 11 is 0. The normalized spacial score (nSPS) is 13.3. The van der Waals surface area contributed by atoms with Crippen LogP contribution in [0.3, 0.4) is 0 Å². The van der Waals surface area contributed by atoms with Crippen LogP contribution in [0.2, 0.25) is 0 Å². The van der Waals surface area contributed by atoms with Gasteiger partial charge in [0.1, 0.15) is 28.7 Å². The third kappa shape index (κ3) is 6.10. The Hall–Kier alpha value is -3.56. The first kappa shape index (κ1) is 29.4. The van der Waals surface area contributed by atoms with Crippen molar-refractivity contribution < 1.29 is 42.1 Å². The van der Waals surface area contributed by atoms with Crippen molar-refractivity contribution in [1.29, 1.82) is 0 Å². The first-order valence-corrected chi connectivity index (χ1v) is 14.3. The molecule has 0 saturated carbocycles. The molecule has 0 spiro atoms. The average molecular weight is 572 g/mol. The lowest BCUT2D eigenvalue weighted by atomic mass is 10.0. The van der Waals surface area contributed by atoms with Crippen molar-refractivity contribution in [2.75, 3.05) is 35.5 Å². The summed E-state index contributed by atoms with van der Waals surface area (Å²) in [7, 11) is 3.42. The second-order valence-corrected chi connectivity index (χ2v) is 11.6. The number of benzene rings is 3. The molecule has 3 aromatic carbocycles. The molecular formula is C29H34NO9P. The standard InChI is InChI=1S/C29H34NO9P/c1-34-24-17-27(36-3)26(35-2)16-19(24)11-13-28(40(33,37-4)38-5)30-22(29(31)32)14-18-10-12-21-20-8-6-7-9-23(20)39-25(21)15-18/h6-10,12,15-17,22,28,30H,11,13-14H2,1-5H3,(H,31,32)/t22-,28-/m0/s1. The van der Waals surface area contributed by atoms with Crippen LogP contribution in [0, 0.1) is 0 Å². The van der Waals surface area contributed by atoms with Gasteiger partial charge in [-0.2, -0.15) is 0 Å². The van der Waals surface area contributed by atoms with Crippen LogP contribution in [0.1, 0.15) is 17.5 Å². The maximum absolute atomic E-state index is 13.5. The first-order chi connectivity index (χ1) is 19.3. The summed E-state index contributed by atoms with van der Waals surface area (Å²) in [6, 6.07) is 15.7. The average Bonchev–Trinajstić information content (AvgIpc) is 3.35. The molecule has 0 fully saturated rings. The van der Waals surface area contributed by atoms with E-state index in [1.54, 1.807) is 12.1 Å². The Morgan fingerprint density at radius 1 is 0.875 bits per heavy atom. The summed E-state index contributed by atoms with van der Waals surface area (Å²) in [5, 5.41) is 15.1. The highest BCUT2D eigenvalue weighted by Crippen LogP contribution is 2.52. The fourth-order valence-electron chi connectivity index (χ4n) is 4.82. The molecule has 0 aliphatic heterocycles. The van der Waals surface area contributed by atoms with E-state index in [1.807, 2.05) is 42.5 Å². The van der Waals surface area contributed by atoms with E-state index < -0.39 is 25.4 Å². The van der Waals surface area contributed by atoms with Crippen molar-refractivity contribution in [1.82, 2.24) is 5.32 Å². The Balaban J connectivity index is 1.60. The minimum Gasteiger partial charge on any atom is -0.496 e. The quantitative estimate of drug-likeness (QED) is 0.184. The van der Waals surface area contributed by atoms with Gasteiger partial charge >= 0.3 is 13.6 Å². The Labute approximate surface area is 232 Å². The van der Waals surface area contributed by atoms with Crippen molar-refractivity contribution in [3.63, 3.8) is 0 Å². The van der Waals surface area contributed by atoms with Crippen LogP contribution in [0.4, 0.5) is 0 Å². The molecule has 2 atom stereocenters. The summed E-state index contributed by atoms with van der Waals surface area (Å²) in [5.74, 6) is -0.470. The van der Waals surface area contributed by atoms with Gasteiger partial charge in [-0.15, -0.1) is 0 Å². The molecule has 10 nitrogen and oxygen atoms in total. The van der Waals surface area contributed by atoms with Gasteiger partial charge < -0.3 is 32.8 Å². The number of carbonyl (C=O) groups is 1. The van der Waals surface area contributed by atoms with Gasteiger partial charge in [-0.05, 0) is 48.6 Å². The molecule has 4 aromatic rings. The fourth-order valence-corrected chi connectivity index (χ4v) is 6.29. The Morgan fingerprint density at radius 3 is 2.17 bits per heavy atom. The Morgan fingerprint density at radius 2 is 1.52 bits per heavy atom. The summed E-state index contributed by atoms with van der Waals surface area (Å²) in [6.07, 6.45) is 0.693. The zero-order valence-corrected chi connectivity index (χ0v) is 24.0. The SMILES string of the molecule is COc1cc(OC)c(OC)cc1CC[C@@H](N[C@@H](Cc1ccc2c(c1)oc1ccccc12)C(=O)O)P(=O)(OC)OC. The predicted octanol–water partition coefficient (Wildman–Crippen LogP) is 5.64. The molecule has 0 unspecified atom stereocenters. The summed E-state index contributed by atoms with van der Waals surface area (Å²) in [5.41, 5.74) is 2.93. The van der Waals surface area contributed by atoms with Crippen LogP contribution in [-0.4, -0.2) is 58.4 Å². The molecule has 0 radical (unpaired) electrons. The number of carboxylic acid groups (broad SMARTS) is 1. The van der Waals surface area contributed by atoms with E-state index in [2.05, 4.69) is 5.32 Å². The van der Waals surface area contributed by atoms with Gasteiger partial charge in [-0.3, -0.25) is 14.7 Å². The molecule has 4 rings (SSSR count). The fraction of sp³-hybridized carbons (Fsp3) is 0.345. The van der Waals surface area contributed by atoms with Crippen LogP contribution in [-0.2, 0) is 31.2 Å². The predicted molar refractivity (Wildman–Crippen MR) is 152 cm³/mol. The molecule has 11 heteroatoms. The van der Waals surface area contributed by atoms with Crippen LogP contribution >= 0.6 is 7.60 Å². The molecule has 0 bridgehead atoms. The summed E-state index contributed by atoms with van der Waals surface area (Å²) in [4.78, 5) is 12.4. The molecule has 214 valence electrons. The van der Waals surface area contributed by atoms with Gasteiger partial charge in [0.05, 0.1) is 21.3 Å². The molecule has 0 aliphatic rings. The number of furan rings is 1. The van der Waals surface area contributed by atoms with E-state index in [1.165, 1.54) is 35.5 Å². The smallest absolute Gasteiger partial charge is 0.346 e. The van der Waals surface area contributed by atoms with Crippen LogP contribution < -0.4 is 19.5 Å². The lowest BCUT2D eigenvalue weighted by Gasteiger charge is -2.28. The number of aryl methyl sites for hydroxylation is 1. The largest absolute Gasteiger partial charge is 0.496 e. The topological polar surface area (TPSA) is 126 Å². The lowest BCUT2D eigenvalue weighted by Crippen LogP contribution is -2.45. The molecule has 0 aliphatic carbocycles. The van der Waals surface area contributed by atoms with Crippen LogP contribution in [0.15, 0.2) is 59.0 Å². The van der Waals surface area contributed by atoms with E-state index >= 15 is 0 Å². The third-order valence-corrected chi connectivity index (χ3v) is 9.13. The molecule has 0 saturated heterocycles. The highest BCUT2D eigenvalue weighted by Gasteiger charge is 2.37. The van der Waals surface area contributed by atoms with E-state index in [9.17, 15) is 14.5 Å². The third-order valence-electron chi connectivity index (χ3n) is 6.94. The zero-order valence-electron chi connectivity index (χ0n) is 23.1. The minimum absolute atomic E-state index is 0.117. The molecule has 1 aromatic heterocycles. The molecule has 0 amide bonds. The van der Waals surface area contributed by atoms with Gasteiger partial charge in [0.25, 0.3) is 0 Å². The van der Waals surface area contributed by atoms with Crippen molar-refractivity contribution in [3.8, 4) is 17.2 Å². The maximum atomic E-state index is 13.5. The van der Waals surface area contributed by atoms with Crippen LogP contribution in [0.25, 0.3) is 21.9 Å². The number of hydrogen-bond acceptors (Lipinski definition) is 9. The number of carboxylic acids is 1. The number of ether oxygens (including phenoxy) is 3. The van der Waals surface area contributed by atoms with Gasteiger partial charge in [-0.25, -0.2) is 0 Å². The van der Waals surface area contributed by atoms with E-state index in [4.69, 9.17) is 27.7 Å². The van der Waals surface area contributed by atoms with Crippen molar-refractivity contribution >= 4 is 35.5 Å². The monoisotopic (exact) mass is 571 g/mol. The molecule has 40 heavy (non-hydrogen) atoms. The molecule has 2 N–H and O–H groups in total. The van der Waals surface area contributed by atoms with Gasteiger partial charge in [0, 0.05) is 31.1 Å². The Kier molecular flexibility index (Phi) is 9.37. The van der Waals surface area contributed by atoms with E-state index in [-0.39, 0.29) is 12.8 Å². The minimum atomic E-state index is -3.73. The van der Waals surface area contributed by atoms with Gasteiger partial charge in [0.15, 0.2) is 11.5 Å². The number of fused-ring (bicyclic) bond motifs is 3. The van der Waals surface area contributed by atoms with Gasteiger partial charge in [0.2, 0.25) is 0 Å². The first-order valence-electron chi connectivity index (χ1n) is 12.7. The summed E-state index contributed by atoms with van der Waals surface area (Å²) < 4.78 is 46.4. The highest BCUT2D eigenvalue weighted by molar-refractivity contribution is 7.54. The lowest BCUT2D eigenvalue weighted by molar-refractivity contribution is -0.139. The Bertz CT molecular complexity index is 1530. The molecular weight excluding hydrogens is 537 g/mol. The number of aliphatic carboxylic acids is 1. The number of rotatable bonds is 14. The van der Waals surface area contributed by atoms with Crippen molar-refractivity contribution in [3.05, 3.63) is 65.7 Å². The number of para-hydroxylation sites is 1. The number of nitrogens with one attached hydrogen (secondary N) is 1. The van der Waals surface area contributed by atoms with E-state index in [0.29, 0.717) is 29.3 Å². The van der Waals surface area contributed by atoms with E-state index in [0.717, 1.165) is 27.5 Å². The second-order valence-electron chi connectivity index (χ2n) is 9.17. The zero-order chi connectivity index (χ0) is 28.9.